The number of ether oxygens (including phenoxy) is 1. The minimum absolute atomic E-state index is 0.0551. The van der Waals surface area contributed by atoms with Crippen LogP contribution in [0.25, 0.3) is 0 Å². The Morgan fingerprint density at radius 1 is 1.20 bits per heavy atom. The highest BCUT2D eigenvalue weighted by atomic mass is 35.5. The molecule has 7 heteroatoms. The van der Waals surface area contributed by atoms with E-state index in [1.807, 2.05) is 31.2 Å². The highest BCUT2D eigenvalue weighted by Crippen LogP contribution is 2.24. The largest absolute Gasteiger partial charge is 0.497 e. The van der Waals surface area contributed by atoms with Crippen LogP contribution in [0.2, 0.25) is 5.02 Å². The van der Waals surface area contributed by atoms with Gasteiger partial charge in [0.25, 0.3) is 5.91 Å². The molecule has 0 aliphatic rings. The number of methoxy groups -OCH3 is 1. The van der Waals surface area contributed by atoms with Gasteiger partial charge >= 0.3 is 0 Å². The van der Waals surface area contributed by atoms with Crippen LogP contribution >= 0.6 is 11.6 Å². The number of sulfone groups is 1. The zero-order valence-electron chi connectivity index (χ0n) is 14.2. The summed E-state index contributed by atoms with van der Waals surface area (Å²) in [6.45, 7) is 1.95. The van der Waals surface area contributed by atoms with Crippen molar-refractivity contribution < 1.29 is 17.9 Å². The molecule has 134 valence electrons. The fourth-order valence-electron chi connectivity index (χ4n) is 2.40. The van der Waals surface area contributed by atoms with Gasteiger partial charge in [0, 0.05) is 6.26 Å². The number of benzene rings is 2. The average Bonchev–Trinajstić information content (AvgIpc) is 2.59. The molecule has 5 nitrogen and oxygen atoms in total. The zero-order chi connectivity index (χ0) is 18.6. The summed E-state index contributed by atoms with van der Waals surface area (Å²) in [6, 6.07) is 11.3. The third-order valence-corrected chi connectivity index (χ3v) is 5.28. The van der Waals surface area contributed by atoms with Crippen LogP contribution in [-0.2, 0) is 9.84 Å². The van der Waals surface area contributed by atoms with Crippen LogP contribution in [0.1, 0.15) is 35.3 Å². The Morgan fingerprint density at radius 2 is 1.84 bits per heavy atom. The molecule has 0 bridgehead atoms. The van der Waals surface area contributed by atoms with E-state index in [1.165, 1.54) is 18.2 Å². The molecular formula is C18H20ClNO4S. The van der Waals surface area contributed by atoms with Gasteiger partial charge in [-0.1, -0.05) is 30.7 Å². The minimum Gasteiger partial charge on any atom is -0.497 e. The highest BCUT2D eigenvalue weighted by Gasteiger charge is 2.19. The Morgan fingerprint density at radius 3 is 2.36 bits per heavy atom. The summed E-state index contributed by atoms with van der Waals surface area (Å²) in [5.74, 6) is 0.312. The maximum absolute atomic E-state index is 12.6. The van der Waals surface area contributed by atoms with Crippen LogP contribution in [-0.4, -0.2) is 27.7 Å². The van der Waals surface area contributed by atoms with Crippen molar-refractivity contribution in [1.29, 1.82) is 0 Å². The van der Waals surface area contributed by atoms with Gasteiger partial charge in [-0.15, -0.1) is 0 Å². The normalized spacial score (nSPS) is 12.5. The summed E-state index contributed by atoms with van der Waals surface area (Å²) in [6.07, 6.45) is 1.76. The molecule has 1 N–H and O–H groups in total. The molecule has 0 heterocycles. The Balaban J connectivity index is 2.27. The summed E-state index contributed by atoms with van der Waals surface area (Å²) in [5.41, 5.74) is 1.06. The van der Waals surface area contributed by atoms with Crippen LogP contribution < -0.4 is 10.1 Å². The van der Waals surface area contributed by atoms with Crippen molar-refractivity contribution in [3.05, 3.63) is 58.6 Å². The van der Waals surface area contributed by atoms with Gasteiger partial charge in [0.2, 0.25) is 0 Å². The molecule has 0 radical (unpaired) electrons. The first-order valence-electron chi connectivity index (χ1n) is 7.70. The lowest BCUT2D eigenvalue weighted by atomic mass is 10.0. The first-order chi connectivity index (χ1) is 11.8. The summed E-state index contributed by atoms with van der Waals surface area (Å²) >= 11 is 6.08. The van der Waals surface area contributed by atoms with E-state index in [1.54, 1.807) is 7.11 Å². The lowest BCUT2D eigenvalue weighted by Gasteiger charge is -2.18. The van der Waals surface area contributed by atoms with E-state index in [0.717, 1.165) is 17.6 Å². The maximum Gasteiger partial charge on any atom is 0.253 e. The van der Waals surface area contributed by atoms with Crippen molar-refractivity contribution in [3.63, 3.8) is 0 Å². The fourth-order valence-corrected chi connectivity index (χ4v) is 3.25. The molecule has 0 aromatic heterocycles. The van der Waals surface area contributed by atoms with Crippen LogP contribution in [0, 0.1) is 0 Å². The summed E-state index contributed by atoms with van der Waals surface area (Å²) < 4.78 is 28.5. The van der Waals surface area contributed by atoms with Gasteiger partial charge in [-0.05, 0) is 42.3 Å². The molecular weight excluding hydrogens is 362 g/mol. The molecule has 0 aliphatic carbocycles. The molecule has 0 spiro atoms. The summed E-state index contributed by atoms with van der Waals surface area (Å²) in [7, 11) is -1.83. The molecule has 0 saturated carbocycles. The van der Waals surface area contributed by atoms with Gasteiger partial charge in [0.1, 0.15) is 5.75 Å². The number of hydrogen-bond donors (Lipinski definition) is 1. The number of nitrogens with one attached hydrogen (secondary N) is 1. The van der Waals surface area contributed by atoms with Crippen LogP contribution in [0.4, 0.5) is 0 Å². The average molecular weight is 382 g/mol. The van der Waals surface area contributed by atoms with Crippen LogP contribution in [0.15, 0.2) is 47.4 Å². The second-order valence-electron chi connectivity index (χ2n) is 5.62. The number of carbonyl (C=O) groups is 1. The van der Waals surface area contributed by atoms with E-state index in [9.17, 15) is 13.2 Å². The molecule has 2 rings (SSSR count). The number of rotatable bonds is 6. The molecule has 1 atom stereocenters. The number of halogens is 1. The smallest absolute Gasteiger partial charge is 0.253 e. The molecule has 25 heavy (non-hydrogen) atoms. The second-order valence-corrected chi connectivity index (χ2v) is 8.04. The third kappa shape index (κ3) is 4.74. The molecule has 0 fully saturated rings. The van der Waals surface area contributed by atoms with Gasteiger partial charge in [0.05, 0.1) is 28.6 Å². The summed E-state index contributed by atoms with van der Waals surface area (Å²) in [4.78, 5) is 12.7. The van der Waals surface area contributed by atoms with Crippen molar-refractivity contribution in [3.8, 4) is 5.75 Å². The van der Waals surface area contributed by atoms with E-state index in [-0.39, 0.29) is 21.5 Å². The topological polar surface area (TPSA) is 72.5 Å². The van der Waals surface area contributed by atoms with Crippen molar-refractivity contribution in [2.24, 2.45) is 0 Å². The lowest BCUT2D eigenvalue weighted by molar-refractivity contribution is 0.0935. The molecule has 0 saturated heterocycles. The molecule has 2 aromatic rings. The van der Waals surface area contributed by atoms with E-state index in [2.05, 4.69) is 5.32 Å². The number of carbonyl (C=O) groups excluding carboxylic acids is 1. The molecule has 1 amide bonds. The van der Waals surface area contributed by atoms with E-state index in [0.29, 0.717) is 6.42 Å². The van der Waals surface area contributed by atoms with Gasteiger partial charge in [-0.2, -0.15) is 0 Å². The van der Waals surface area contributed by atoms with Gasteiger partial charge in [-0.3, -0.25) is 4.79 Å². The quantitative estimate of drug-likeness (QED) is 0.829. The van der Waals surface area contributed by atoms with Crippen LogP contribution in [0.5, 0.6) is 5.75 Å². The van der Waals surface area contributed by atoms with Gasteiger partial charge in [-0.25, -0.2) is 8.42 Å². The lowest BCUT2D eigenvalue weighted by Crippen LogP contribution is -2.28. The number of hydrogen-bond acceptors (Lipinski definition) is 4. The standard InChI is InChI=1S/C18H20ClNO4S/c1-4-17(12-5-7-13(24-2)8-6-12)20-18(21)15-11-14(25(3,22)23)9-10-16(15)19/h5-11,17H,4H2,1-3H3,(H,20,21). The Labute approximate surface area is 152 Å². The zero-order valence-corrected chi connectivity index (χ0v) is 15.8. The molecule has 2 aromatic carbocycles. The Kier molecular flexibility index (Phi) is 6.08. The first kappa shape index (κ1) is 19.3. The van der Waals surface area contributed by atoms with Crippen molar-refractivity contribution >= 4 is 27.3 Å². The third-order valence-electron chi connectivity index (χ3n) is 3.84. The Hall–Kier alpha value is -2.05. The van der Waals surface area contributed by atoms with Crippen molar-refractivity contribution in [1.82, 2.24) is 5.32 Å². The van der Waals surface area contributed by atoms with Gasteiger partial charge in [0.15, 0.2) is 9.84 Å². The SMILES string of the molecule is CCC(NC(=O)c1cc(S(C)(=O)=O)ccc1Cl)c1ccc(OC)cc1. The first-order valence-corrected chi connectivity index (χ1v) is 9.97. The highest BCUT2D eigenvalue weighted by molar-refractivity contribution is 7.90. The fraction of sp³-hybridized carbons (Fsp3) is 0.278. The summed E-state index contributed by atoms with van der Waals surface area (Å²) in [5, 5.41) is 3.10. The number of amides is 1. The van der Waals surface area contributed by atoms with Crippen molar-refractivity contribution in [2.45, 2.75) is 24.3 Å². The van der Waals surface area contributed by atoms with Crippen LogP contribution in [0.3, 0.4) is 0 Å². The minimum atomic E-state index is -3.42. The van der Waals surface area contributed by atoms with E-state index < -0.39 is 15.7 Å². The van der Waals surface area contributed by atoms with Crippen molar-refractivity contribution in [2.75, 3.05) is 13.4 Å². The molecule has 1 unspecified atom stereocenters. The second kappa shape index (κ2) is 7.89. The molecule has 0 aliphatic heterocycles. The van der Waals surface area contributed by atoms with Gasteiger partial charge < -0.3 is 10.1 Å². The predicted molar refractivity (Wildman–Crippen MR) is 98.1 cm³/mol. The van der Waals surface area contributed by atoms with E-state index in [4.69, 9.17) is 16.3 Å². The predicted octanol–water partition coefficient (Wildman–Crippen LogP) is 3.63. The monoisotopic (exact) mass is 381 g/mol. The maximum atomic E-state index is 12.6. The van der Waals surface area contributed by atoms with E-state index >= 15 is 0 Å². The Bertz CT molecular complexity index is 863.